The highest BCUT2D eigenvalue weighted by molar-refractivity contribution is 7.88. The molecular weight excluding hydrogens is 318 g/mol. The summed E-state index contributed by atoms with van der Waals surface area (Å²) >= 11 is 0. The van der Waals surface area contributed by atoms with Gasteiger partial charge in [0.25, 0.3) is 0 Å². The first kappa shape index (κ1) is 16.2. The van der Waals surface area contributed by atoms with E-state index in [9.17, 15) is 13.2 Å². The molecule has 0 aliphatic carbocycles. The van der Waals surface area contributed by atoms with Gasteiger partial charge < -0.3 is 4.74 Å². The van der Waals surface area contributed by atoms with Crippen LogP contribution in [-0.4, -0.2) is 48.7 Å². The van der Waals surface area contributed by atoms with Crippen molar-refractivity contribution in [2.45, 2.75) is 38.3 Å². The highest BCUT2D eigenvalue weighted by Gasteiger charge is 2.42. The normalized spacial score (nSPS) is 24.9. The molecule has 2 aliphatic rings. The van der Waals surface area contributed by atoms with Crippen LogP contribution in [0.4, 0.5) is 10.6 Å². The van der Waals surface area contributed by atoms with Gasteiger partial charge in [-0.1, -0.05) is 6.07 Å². The summed E-state index contributed by atoms with van der Waals surface area (Å²) in [6.07, 6.45) is 2.33. The maximum absolute atomic E-state index is 12.0. The van der Waals surface area contributed by atoms with E-state index in [1.165, 1.54) is 15.5 Å². The molecular formula is C15H21N3O4S. The minimum Gasteiger partial charge on any atom is -0.447 e. The van der Waals surface area contributed by atoms with Gasteiger partial charge in [0.05, 0.1) is 23.5 Å². The number of rotatable bonds is 3. The Morgan fingerprint density at radius 3 is 2.70 bits per heavy atom. The predicted octanol–water partition coefficient (Wildman–Crippen LogP) is 1.91. The number of carbonyl (C=O) groups excluding carboxylic acids is 1. The van der Waals surface area contributed by atoms with Crippen molar-refractivity contribution in [1.82, 2.24) is 9.29 Å². The summed E-state index contributed by atoms with van der Waals surface area (Å²) in [5, 5.41) is 0. The van der Waals surface area contributed by atoms with Crippen molar-refractivity contribution in [2.24, 2.45) is 0 Å². The van der Waals surface area contributed by atoms with E-state index in [1.54, 1.807) is 12.1 Å². The van der Waals surface area contributed by atoms with Crippen LogP contribution >= 0.6 is 0 Å². The molecule has 23 heavy (non-hydrogen) atoms. The summed E-state index contributed by atoms with van der Waals surface area (Å²) in [7, 11) is -3.28. The molecule has 0 spiro atoms. The fourth-order valence-electron chi connectivity index (χ4n) is 3.20. The molecule has 3 heterocycles. The lowest BCUT2D eigenvalue weighted by atomic mass is 10.1. The van der Waals surface area contributed by atoms with Gasteiger partial charge in [0.2, 0.25) is 10.0 Å². The Hall–Kier alpha value is -1.67. The molecule has 1 atom stereocenters. The lowest BCUT2D eigenvalue weighted by molar-refractivity contribution is 0.175. The summed E-state index contributed by atoms with van der Waals surface area (Å²) in [4.78, 5) is 18.1. The van der Waals surface area contributed by atoms with Crippen LogP contribution in [0.2, 0.25) is 0 Å². The average molecular weight is 339 g/mol. The third-order valence-electron chi connectivity index (χ3n) is 4.29. The number of hydrogen-bond donors (Lipinski definition) is 0. The smallest absolute Gasteiger partial charge is 0.416 e. The molecule has 7 nitrogen and oxygen atoms in total. The van der Waals surface area contributed by atoms with Crippen LogP contribution in [-0.2, 0) is 14.8 Å². The number of anilines is 1. The van der Waals surface area contributed by atoms with Crippen molar-refractivity contribution >= 4 is 21.9 Å². The zero-order chi connectivity index (χ0) is 16.8. The highest BCUT2D eigenvalue weighted by Crippen LogP contribution is 2.35. The summed E-state index contributed by atoms with van der Waals surface area (Å²) < 4.78 is 30.4. The number of amides is 1. The second-order valence-corrected chi connectivity index (χ2v) is 8.59. The third kappa shape index (κ3) is 2.92. The monoisotopic (exact) mass is 339 g/mol. The van der Waals surface area contributed by atoms with Crippen LogP contribution in [0.25, 0.3) is 0 Å². The van der Waals surface area contributed by atoms with Crippen LogP contribution in [0.3, 0.4) is 0 Å². The van der Waals surface area contributed by atoms with E-state index in [-0.39, 0.29) is 6.04 Å². The number of hydrogen-bond acceptors (Lipinski definition) is 5. The van der Waals surface area contributed by atoms with E-state index >= 15 is 0 Å². The lowest BCUT2D eigenvalue weighted by Crippen LogP contribution is -2.42. The Labute approximate surface area is 136 Å². The molecule has 1 aromatic rings. The van der Waals surface area contributed by atoms with Gasteiger partial charge in [0, 0.05) is 6.54 Å². The van der Waals surface area contributed by atoms with E-state index in [1.807, 2.05) is 19.9 Å². The van der Waals surface area contributed by atoms with Gasteiger partial charge in [0.15, 0.2) is 0 Å². The molecule has 3 rings (SSSR count). The van der Waals surface area contributed by atoms with E-state index in [0.29, 0.717) is 24.7 Å². The van der Waals surface area contributed by atoms with Gasteiger partial charge in [-0.05, 0) is 38.8 Å². The molecule has 2 saturated heterocycles. The Morgan fingerprint density at radius 1 is 1.35 bits per heavy atom. The second-order valence-electron chi connectivity index (χ2n) is 6.65. The molecule has 0 radical (unpaired) electrons. The number of ether oxygens (including phenoxy) is 1. The fourth-order valence-corrected chi connectivity index (χ4v) is 4.34. The molecule has 126 valence electrons. The van der Waals surface area contributed by atoms with Gasteiger partial charge >= 0.3 is 6.09 Å². The SMILES string of the molecule is CC1(C)COC(=O)N1c1cccc([C@H]2CCCN2S(C)(=O)=O)n1. The maximum Gasteiger partial charge on any atom is 0.416 e. The molecule has 0 saturated carbocycles. The number of sulfonamides is 1. The van der Waals surface area contributed by atoms with Crippen molar-refractivity contribution < 1.29 is 17.9 Å². The van der Waals surface area contributed by atoms with Crippen LogP contribution in [0.1, 0.15) is 38.4 Å². The number of pyridine rings is 1. The first-order valence-electron chi connectivity index (χ1n) is 7.61. The van der Waals surface area contributed by atoms with Gasteiger partial charge in [0.1, 0.15) is 12.4 Å². The first-order valence-corrected chi connectivity index (χ1v) is 9.46. The maximum atomic E-state index is 12.0. The molecule has 0 unspecified atom stereocenters. The molecule has 2 aliphatic heterocycles. The van der Waals surface area contributed by atoms with E-state index in [4.69, 9.17) is 4.74 Å². The van der Waals surface area contributed by atoms with Gasteiger partial charge in [-0.25, -0.2) is 18.2 Å². The summed E-state index contributed by atoms with van der Waals surface area (Å²) in [6, 6.07) is 5.09. The lowest BCUT2D eigenvalue weighted by Gasteiger charge is -2.28. The number of aromatic nitrogens is 1. The summed E-state index contributed by atoms with van der Waals surface area (Å²) in [5.74, 6) is 0.496. The van der Waals surface area contributed by atoms with Crippen LogP contribution in [0.15, 0.2) is 18.2 Å². The number of cyclic esters (lactones) is 1. The molecule has 2 fully saturated rings. The highest BCUT2D eigenvalue weighted by atomic mass is 32.2. The Kier molecular flexibility index (Phi) is 3.84. The van der Waals surface area contributed by atoms with Crippen LogP contribution in [0, 0.1) is 0 Å². The molecule has 0 bridgehead atoms. The number of nitrogens with zero attached hydrogens (tertiary/aromatic N) is 3. The zero-order valence-electron chi connectivity index (χ0n) is 13.5. The second kappa shape index (κ2) is 5.45. The van der Waals surface area contributed by atoms with Gasteiger partial charge in [-0.2, -0.15) is 4.31 Å². The van der Waals surface area contributed by atoms with Gasteiger partial charge in [-0.15, -0.1) is 0 Å². The standard InChI is InChI=1S/C15H21N3O4S/c1-15(2)10-22-14(19)18(15)13-8-4-6-11(16-13)12-7-5-9-17(12)23(3,20)21/h4,6,8,12H,5,7,9-10H2,1-3H3/t12-/m1/s1. The summed E-state index contributed by atoms with van der Waals surface area (Å²) in [6.45, 7) is 4.62. The molecule has 1 aromatic heterocycles. The minimum atomic E-state index is -3.28. The predicted molar refractivity (Wildman–Crippen MR) is 85.7 cm³/mol. The quantitative estimate of drug-likeness (QED) is 0.840. The van der Waals surface area contributed by atoms with Crippen molar-refractivity contribution in [1.29, 1.82) is 0 Å². The van der Waals surface area contributed by atoms with Crippen LogP contribution in [0.5, 0.6) is 0 Å². The van der Waals surface area contributed by atoms with E-state index < -0.39 is 21.7 Å². The first-order chi connectivity index (χ1) is 10.7. The molecule has 1 amide bonds. The zero-order valence-corrected chi connectivity index (χ0v) is 14.3. The fraction of sp³-hybridized carbons (Fsp3) is 0.600. The van der Waals surface area contributed by atoms with Crippen molar-refractivity contribution in [3.8, 4) is 0 Å². The topological polar surface area (TPSA) is 79.8 Å². The number of carbonyl (C=O) groups is 1. The largest absolute Gasteiger partial charge is 0.447 e. The van der Waals surface area contributed by atoms with Crippen molar-refractivity contribution in [2.75, 3.05) is 24.3 Å². The van der Waals surface area contributed by atoms with Crippen molar-refractivity contribution in [3.63, 3.8) is 0 Å². The molecule has 0 N–H and O–H groups in total. The Morgan fingerprint density at radius 2 is 2.09 bits per heavy atom. The Balaban J connectivity index is 1.96. The van der Waals surface area contributed by atoms with Crippen LogP contribution < -0.4 is 4.90 Å². The molecule has 0 aromatic carbocycles. The average Bonchev–Trinajstić information content (AvgIpc) is 3.04. The van der Waals surface area contributed by atoms with Gasteiger partial charge in [-0.3, -0.25) is 4.90 Å². The summed E-state index contributed by atoms with van der Waals surface area (Å²) in [5.41, 5.74) is 0.190. The van der Waals surface area contributed by atoms with E-state index in [0.717, 1.165) is 12.8 Å². The third-order valence-corrected chi connectivity index (χ3v) is 5.58. The Bertz CT molecular complexity index is 732. The molecule has 8 heteroatoms. The van der Waals surface area contributed by atoms with Crippen molar-refractivity contribution in [3.05, 3.63) is 23.9 Å². The van der Waals surface area contributed by atoms with E-state index in [2.05, 4.69) is 4.98 Å². The minimum absolute atomic E-state index is 0.272.